The van der Waals surface area contributed by atoms with Crippen LogP contribution in [-0.2, 0) is 9.59 Å². The van der Waals surface area contributed by atoms with Crippen LogP contribution in [0.1, 0.15) is 28.8 Å². The maximum atomic E-state index is 13.5. The average Bonchev–Trinajstić information content (AvgIpc) is 3.41. The van der Waals surface area contributed by atoms with E-state index in [2.05, 4.69) is 26.0 Å². The average molecular weight is 533 g/mol. The molecule has 1 fully saturated rings. The van der Waals surface area contributed by atoms with E-state index in [0.29, 0.717) is 16.4 Å². The van der Waals surface area contributed by atoms with Crippen LogP contribution in [0, 0.1) is 0 Å². The van der Waals surface area contributed by atoms with Crippen LogP contribution in [0.25, 0.3) is 10.2 Å². The number of hydrogen-bond donors (Lipinski definition) is 0. The van der Waals surface area contributed by atoms with E-state index in [1.165, 1.54) is 16.3 Å². The lowest BCUT2D eigenvalue weighted by Crippen LogP contribution is -2.29. The summed E-state index contributed by atoms with van der Waals surface area (Å²) in [6.07, 6.45) is 2.01. The number of hydrazone groups is 1. The van der Waals surface area contributed by atoms with Gasteiger partial charge < -0.3 is 0 Å². The van der Waals surface area contributed by atoms with Gasteiger partial charge in [0, 0.05) is 22.9 Å². The summed E-state index contributed by atoms with van der Waals surface area (Å²) in [5.41, 5.74) is 2.41. The minimum absolute atomic E-state index is 0.204. The Hall–Kier alpha value is -3.69. The van der Waals surface area contributed by atoms with Gasteiger partial charge in [-0.2, -0.15) is 10.1 Å². The molecule has 1 aliphatic heterocycles. The quantitative estimate of drug-likeness (QED) is 0.196. The first kappa shape index (κ1) is 22.1. The Kier molecular flexibility index (Phi) is 6.04. The fraction of sp³-hybridized carbons (Fsp3) is 0.0800. The van der Waals surface area contributed by atoms with E-state index in [1.807, 2.05) is 48.5 Å². The van der Waals surface area contributed by atoms with Crippen molar-refractivity contribution < 1.29 is 14.4 Å². The van der Waals surface area contributed by atoms with Crippen LogP contribution in [0.15, 0.2) is 82.4 Å². The fourth-order valence-electron chi connectivity index (χ4n) is 3.57. The number of halogens is 1. The molecule has 4 aromatic rings. The van der Waals surface area contributed by atoms with E-state index in [0.717, 1.165) is 25.2 Å². The predicted molar refractivity (Wildman–Crippen MR) is 136 cm³/mol. The van der Waals surface area contributed by atoms with Gasteiger partial charge in [-0.15, -0.1) is 0 Å². The zero-order valence-corrected chi connectivity index (χ0v) is 20.1. The Morgan fingerprint density at radius 2 is 1.71 bits per heavy atom. The minimum atomic E-state index is -0.379. The smallest absolute Gasteiger partial charge is 0.274 e. The van der Waals surface area contributed by atoms with Gasteiger partial charge in [-0.05, 0) is 48.0 Å². The monoisotopic (exact) mass is 532 g/mol. The minimum Gasteiger partial charge on any atom is -0.274 e. The van der Waals surface area contributed by atoms with Crippen molar-refractivity contribution in [3.05, 3.63) is 88.4 Å². The Morgan fingerprint density at radius 1 is 1.00 bits per heavy atom. The van der Waals surface area contributed by atoms with Crippen molar-refractivity contribution >= 4 is 72.2 Å². The van der Waals surface area contributed by atoms with E-state index in [1.54, 1.807) is 30.5 Å². The number of anilines is 2. The second-order valence-electron chi connectivity index (χ2n) is 7.55. The standard InChI is InChI=1S/C25H17BrN4O3S/c26-18-8-11-20-21(14-18)34-25(28-20)30(27-15-16-4-2-1-3-5-16)24(33)17-6-9-19(10-7-17)29-22(31)12-13-23(29)32/h1-11,14-15H,12-13H2/b27-15+. The molecule has 9 heteroatoms. The topological polar surface area (TPSA) is 82.9 Å². The van der Waals surface area contributed by atoms with Crippen molar-refractivity contribution in [2.45, 2.75) is 12.8 Å². The third kappa shape index (κ3) is 4.40. The number of aromatic nitrogens is 1. The highest BCUT2D eigenvalue weighted by Gasteiger charge is 2.30. The van der Waals surface area contributed by atoms with E-state index < -0.39 is 0 Å². The van der Waals surface area contributed by atoms with Crippen LogP contribution in [0.3, 0.4) is 0 Å². The number of carbonyl (C=O) groups is 3. The largest absolute Gasteiger partial charge is 0.280 e. The molecule has 0 aliphatic carbocycles. The molecule has 7 nitrogen and oxygen atoms in total. The lowest BCUT2D eigenvalue weighted by Gasteiger charge is -2.16. The van der Waals surface area contributed by atoms with Crippen LogP contribution >= 0.6 is 27.3 Å². The van der Waals surface area contributed by atoms with Crippen molar-refractivity contribution in [3.8, 4) is 0 Å². The lowest BCUT2D eigenvalue weighted by atomic mass is 10.2. The summed E-state index contributed by atoms with van der Waals surface area (Å²) >= 11 is 4.82. The highest BCUT2D eigenvalue weighted by atomic mass is 79.9. The molecule has 34 heavy (non-hydrogen) atoms. The molecular weight excluding hydrogens is 516 g/mol. The molecule has 0 bridgehead atoms. The van der Waals surface area contributed by atoms with Gasteiger partial charge in [0.25, 0.3) is 5.91 Å². The number of rotatable bonds is 5. The number of fused-ring (bicyclic) bond motifs is 1. The molecule has 1 saturated heterocycles. The van der Waals surface area contributed by atoms with Gasteiger partial charge in [-0.25, -0.2) is 4.98 Å². The molecule has 0 unspecified atom stereocenters. The number of carbonyl (C=O) groups excluding carboxylic acids is 3. The van der Waals surface area contributed by atoms with E-state index >= 15 is 0 Å². The number of thiazole rings is 1. The summed E-state index contributed by atoms with van der Waals surface area (Å²) in [6.45, 7) is 0. The van der Waals surface area contributed by atoms with Crippen molar-refractivity contribution in [1.82, 2.24) is 4.98 Å². The Bertz CT molecular complexity index is 1420. The second-order valence-corrected chi connectivity index (χ2v) is 9.48. The Labute approximate surface area is 207 Å². The predicted octanol–water partition coefficient (Wildman–Crippen LogP) is 5.39. The SMILES string of the molecule is O=C(c1ccc(N2C(=O)CCC2=O)cc1)N(/N=C/c1ccccc1)c1nc2ccc(Br)cc2s1. The number of benzene rings is 3. The molecule has 2 heterocycles. The summed E-state index contributed by atoms with van der Waals surface area (Å²) in [5, 5.41) is 6.16. The highest BCUT2D eigenvalue weighted by molar-refractivity contribution is 9.10. The molecule has 168 valence electrons. The molecule has 0 atom stereocenters. The molecule has 0 spiro atoms. The van der Waals surface area contributed by atoms with Crippen molar-refractivity contribution in [1.29, 1.82) is 0 Å². The molecular formula is C25H17BrN4O3S. The van der Waals surface area contributed by atoms with Crippen LogP contribution in [-0.4, -0.2) is 28.9 Å². The summed E-state index contributed by atoms with van der Waals surface area (Å²) in [7, 11) is 0. The maximum absolute atomic E-state index is 13.5. The highest BCUT2D eigenvalue weighted by Crippen LogP contribution is 2.32. The van der Waals surface area contributed by atoms with Gasteiger partial charge in [0.15, 0.2) is 0 Å². The van der Waals surface area contributed by atoms with Crippen molar-refractivity contribution in [2.75, 3.05) is 9.91 Å². The van der Waals surface area contributed by atoms with Gasteiger partial charge in [0.2, 0.25) is 16.9 Å². The van der Waals surface area contributed by atoms with E-state index in [9.17, 15) is 14.4 Å². The summed E-state index contributed by atoms with van der Waals surface area (Å²) in [4.78, 5) is 43.3. The third-order valence-electron chi connectivity index (χ3n) is 5.26. The summed E-state index contributed by atoms with van der Waals surface area (Å²) in [5.74, 6) is -0.853. The van der Waals surface area contributed by atoms with Crippen molar-refractivity contribution in [3.63, 3.8) is 0 Å². The summed E-state index contributed by atoms with van der Waals surface area (Å²) < 4.78 is 1.83. The fourth-order valence-corrected chi connectivity index (χ4v) is 5.04. The van der Waals surface area contributed by atoms with Gasteiger partial charge in [-0.1, -0.05) is 57.6 Å². The zero-order valence-electron chi connectivity index (χ0n) is 17.7. The molecule has 1 aliphatic rings. The van der Waals surface area contributed by atoms with Crippen LogP contribution in [0.2, 0.25) is 0 Å². The zero-order chi connectivity index (χ0) is 23.7. The van der Waals surface area contributed by atoms with E-state index in [4.69, 9.17) is 0 Å². The third-order valence-corrected chi connectivity index (χ3v) is 6.75. The molecule has 1 aromatic heterocycles. The van der Waals surface area contributed by atoms with Crippen LogP contribution in [0.5, 0.6) is 0 Å². The first-order valence-corrected chi connectivity index (χ1v) is 12.1. The number of amides is 3. The lowest BCUT2D eigenvalue weighted by molar-refractivity contribution is -0.121. The van der Waals surface area contributed by atoms with Gasteiger partial charge in [0.05, 0.1) is 22.1 Å². The Morgan fingerprint density at radius 3 is 2.41 bits per heavy atom. The second kappa shape index (κ2) is 9.28. The number of imide groups is 1. The first-order chi connectivity index (χ1) is 16.5. The van der Waals surface area contributed by atoms with Gasteiger partial charge in [-0.3, -0.25) is 19.3 Å². The first-order valence-electron chi connectivity index (χ1n) is 10.4. The maximum Gasteiger partial charge on any atom is 0.280 e. The van der Waals surface area contributed by atoms with Gasteiger partial charge in [0.1, 0.15) is 0 Å². The molecule has 0 radical (unpaired) electrons. The normalized spacial score (nSPS) is 13.9. The molecule has 0 saturated carbocycles. The number of hydrogen-bond acceptors (Lipinski definition) is 6. The Balaban J connectivity index is 1.50. The van der Waals surface area contributed by atoms with Gasteiger partial charge >= 0.3 is 0 Å². The molecule has 3 amide bonds. The number of nitrogens with zero attached hydrogens (tertiary/aromatic N) is 4. The molecule has 0 N–H and O–H groups in total. The molecule has 3 aromatic carbocycles. The summed E-state index contributed by atoms with van der Waals surface area (Å²) in [6, 6.07) is 21.6. The van der Waals surface area contributed by atoms with Crippen LogP contribution < -0.4 is 9.91 Å². The molecule has 5 rings (SSSR count). The van der Waals surface area contributed by atoms with E-state index in [-0.39, 0.29) is 30.6 Å². The van der Waals surface area contributed by atoms with Crippen molar-refractivity contribution in [2.24, 2.45) is 5.10 Å². The van der Waals surface area contributed by atoms with Crippen LogP contribution in [0.4, 0.5) is 10.8 Å².